The lowest BCUT2D eigenvalue weighted by molar-refractivity contribution is -0.160. The van der Waals surface area contributed by atoms with E-state index in [1.165, 1.54) is 0 Å². The van der Waals surface area contributed by atoms with Gasteiger partial charge in [0, 0.05) is 5.41 Å². The second kappa shape index (κ2) is 7.81. The molecule has 0 bridgehead atoms. The first-order chi connectivity index (χ1) is 13.6. The van der Waals surface area contributed by atoms with E-state index in [0.29, 0.717) is 32.1 Å². The Morgan fingerprint density at radius 3 is 2.28 bits per heavy atom. The Bertz CT molecular complexity index is 776. The molecule has 0 radical (unpaired) electrons. The molecule has 1 atom stereocenters. The summed E-state index contributed by atoms with van der Waals surface area (Å²) in [5.74, 6) is -1.12. The monoisotopic (exact) mass is 402 g/mol. The van der Waals surface area contributed by atoms with Gasteiger partial charge >= 0.3 is 18.1 Å². The van der Waals surface area contributed by atoms with Gasteiger partial charge in [-0.3, -0.25) is 9.59 Å². The standard InChI is InChI=1S/C23H30O6/c1-5-22(4)19(25)29-23(21(22,2)3)13-11-17(12-14-23)18(24)28-20(26)27-15-16-9-7-6-8-10-16/h6-10,17H,5,11-15H2,1-4H3. The van der Waals surface area contributed by atoms with Gasteiger partial charge in [-0.25, -0.2) is 4.79 Å². The summed E-state index contributed by atoms with van der Waals surface area (Å²) in [6.45, 7) is 8.20. The Balaban J connectivity index is 1.54. The normalized spacial score (nSPS) is 30.6. The molecule has 2 fully saturated rings. The molecule has 1 aromatic rings. The molecule has 1 aromatic carbocycles. The van der Waals surface area contributed by atoms with Crippen LogP contribution in [0.3, 0.4) is 0 Å². The van der Waals surface area contributed by atoms with Crippen LogP contribution in [-0.2, 0) is 30.4 Å². The molecular formula is C23H30O6. The zero-order valence-corrected chi connectivity index (χ0v) is 17.7. The SMILES string of the molecule is CCC1(C)C(=O)OC2(CCC(C(=O)OC(=O)OCc3ccccc3)CC2)C1(C)C. The molecule has 0 N–H and O–H groups in total. The number of hydrogen-bond acceptors (Lipinski definition) is 6. The molecule has 158 valence electrons. The Labute approximate surface area is 171 Å². The lowest BCUT2D eigenvalue weighted by Gasteiger charge is -2.47. The van der Waals surface area contributed by atoms with Gasteiger partial charge in [0.1, 0.15) is 12.2 Å². The minimum Gasteiger partial charge on any atom is -0.458 e. The van der Waals surface area contributed by atoms with Crippen LogP contribution in [0.25, 0.3) is 0 Å². The van der Waals surface area contributed by atoms with Gasteiger partial charge in [0.2, 0.25) is 0 Å². The second-order valence-electron chi connectivity index (χ2n) is 8.91. The number of hydrogen-bond donors (Lipinski definition) is 0. The predicted molar refractivity (Wildman–Crippen MR) is 106 cm³/mol. The number of rotatable bonds is 4. The van der Waals surface area contributed by atoms with Gasteiger partial charge in [-0.1, -0.05) is 51.1 Å². The quantitative estimate of drug-likeness (QED) is 0.532. The highest BCUT2D eigenvalue weighted by molar-refractivity contribution is 5.84. The lowest BCUT2D eigenvalue weighted by Crippen LogP contribution is -2.50. The number of esters is 2. The summed E-state index contributed by atoms with van der Waals surface area (Å²) in [7, 11) is 0. The predicted octanol–water partition coefficient (Wildman–Crippen LogP) is 4.79. The van der Waals surface area contributed by atoms with Crippen LogP contribution in [0.15, 0.2) is 30.3 Å². The van der Waals surface area contributed by atoms with Gasteiger partial charge in [-0.05, 0) is 44.6 Å². The van der Waals surface area contributed by atoms with E-state index < -0.39 is 29.1 Å². The number of carbonyl (C=O) groups excluding carboxylic acids is 3. The van der Waals surface area contributed by atoms with Crippen molar-refractivity contribution < 1.29 is 28.6 Å². The first-order valence-electron chi connectivity index (χ1n) is 10.3. The minimum atomic E-state index is -0.981. The molecule has 1 aliphatic carbocycles. The van der Waals surface area contributed by atoms with Crippen molar-refractivity contribution in [1.82, 2.24) is 0 Å². The van der Waals surface area contributed by atoms with Crippen LogP contribution in [0.2, 0.25) is 0 Å². The molecule has 6 nitrogen and oxygen atoms in total. The summed E-state index contributed by atoms with van der Waals surface area (Å²) < 4.78 is 15.8. The Morgan fingerprint density at radius 2 is 1.72 bits per heavy atom. The summed E-state index contributed by atoms with van der Waals surface area (Å²) >= 11 is 0. The zero-order chi connectivity index (χ0) is 21.3. The van der Waals surface area contributed by atoms with E-state index in [1.54, 1.807) is 0 Å². The van der Waals surface area contributed by atoms with Crippen LogP contribution in [0.4, 0.5) is 4.79 Å². The van der Waals surface area contributed by atoms with Crippen molar-refractivity contribution >= 4 is 18.1 Å². The maximum Gasteiger partial charge on any atom is 0.516 e. The largest absolute Gasteiger partial charge is 0.516 e. The zero-order valence-electron chi connectivity index (χ0n) is 17.7. The van der Waals surface area contributed by atoms with Crippen molar-refractivity contribution in [3.05, 3.63) is 35.9 Å². The fourth-order valence-corrected chi connectivity index (χ4v) is 4.72. The third-order valence-electron chi connectivity index (χ3n) is 7.47. The number of ether oxygens (including phenoxy) is 3. The fourth-order valence-electron chi connectivity index (χ4n) is 4.72. The van der Waals surface area contributed by atoms with Crippen molar-refractivity contribution in [3.8, 4) is 0 Å². The average molecular weight is 402 g/mol. The van der Waals surface area contributed by atoms with E-state index in [4.69, 9.17) is 14.2 Å². The van der Waals surface area contributed by atoms with Gasteiger partial charge in [0.05, 0.1) is 11.3 Å². The van der Waals surface area contributed by atoms with Crippen LogP contribution in [0.1, 0.15) is 65.4 Å². The fraction of sp³-hybridized carbons (Fsp3) is 0.609. The van der Waals surface area contributed by atoms with Crippen molar-refractivity contribution in [3.63, 3.8) is 0 Å². The van der Waals surface area contributed by atoms with E-state index in [0.717, 1.165) is 5.56 Å². The van der Waals surface area contributed by atoms with Crippen LogP contribution >= 0.6 is 0 Å². The minimum absolute atomic E-state index is 0.0560. The van der Waals surface area contributed by atoms with E-state index in [2.05, 4.69) is 13.8 Å². The Kier molecular flexibility index (Phi) is 5.74. The number of benzene rings is 1. The molecule has 29 heavy (non-hydrogen) atoms. The highest BCUT2D eigenvalue weighted by Gasteiger charge is 2.67. The summed E-state index contributed by atoms with van der Waals surface area (Å²) in [6.07, 6.45) is 1.92. The summed E-state index contributed by atoms with van der Waals surface area (Å²) in [6, 6.07) is 9.20. The Hall–Kier alpha value is -2.37. The molecule has 1 saturated heterocycles. The molecule has 3 rings (SSSR count). The highest BCUT2D eigenvalue weighted by atomic mass is 16.7. The van der Waals surface area contributed by atoms with E-state index in [1.807, 2.05) is 44.2 Å². The van der Waals surface area contributed by atoms with Gasteiger partial charge < -0.3 is 14.2 Å². The van der Waals surface area contributed by atoms with E-state index in [-0.39, 0.29) is 18.0 Å². The van der Waals surface area contributed by atoms with E-state index >= 15 is 0 Å². The molecule has 1 heterocycles. The molecule has 0 amide bonds. The van der Waals surface area contributed by atoms with Crippen molar-refractivity contribution in [2.75, 3.05) is 0 Å². The van der Waals surface area contributed by atoms with Gasteiger partial charge in [0.15, 0.2) is 0 Å². The smallest absolute Gasteiger partial charge is 0.458 e. The topological polar surface area (TPSA) is 78.9 Å². The maximum absolute atomic E-state index is 12.6. The molecule has 2 aliphatic rings. The lowest BCUT2D eigenvalue weighted by atomic mass is 9.55. The van der Waals surface area contributed by atoms with Gasteiger partial charge in [-0.2, -0.15) is 0 Å². The first kappa shape index (κ1) is 21.3. The molecule has 1 unspecified atom stereocenters. The average Bonchev–Trinajstić information content (AvgIpc) is 2.85. The number of carbonyl (C=O) groups is 3. The van der Waals surface area contributed by atoms with Crippen molar-refractivity contribution in [1.29, 1.82) is 0 Å². The molecule has 1 aliphatic heterocycles. The third kappa shape index (κ3) is 3.65. The highest BCUT2D eigenvalue weighted by Crippen LogP contribution is 2.62. The van der Waals surface area contributed by atoms with Gasteiger partial charge in [-0.15, -0.1) is 0 Å². The van der Waals surface area contributed by atoms with Crippen LogP contribution in [-0.4, -0.2) is 23.7 Å². The van der Waals surface area contributed by atoms with Gasteiger partial charge in [0.25, 0.3) is 0 Å². The van der Waals surface area contributed by atoms with Crippen LogP contribution in [0, 0.1) is 16.7 Å². The summed E-state index contributed by atoms with van der Waals surface area (Å²) in [4.78, 5) is 36.8. The summed E-state index contributed by atoms with van der Waals surface area (Å²) in [5.41, 5.74) is -0.628. The molecule has 1 spiro atoms. The van der Waals surface area contributed by atoms with E-state index in [9.17, 15) is 14.4 Å². The molecular weight excluding hydrogens is 372 g/mol. The van der Waals surface area contributed by atoms with Crippen molar-refractivity contribution in [2.45, 2.75) is 72.0 Å². The van der Waals surface area contributed by atoms with Crippen LogP contribution < -0.4 is 0 Å². The second-order valence-corrected chi connectivity index (χ2v) is 8.91. The Morgan fingerprint density at radius 1 is 1.10 bits per heavy atom. The molecule has 1 saturated carbocycles. The molecule has 6 heteroatoms. The summed E-state index contributed by atoms with van der Waals surface area (Å²) in [5, 5.41) is 0. The van der Waals surface area contributed by atoms with Crippen LogP contribution in [0.5, 0.6) is 0 Å². The maximum atomic E-state index is 12.6. The molecule has 0 aromatic heterocycles. The van der Waals surface area contributed by atoms with Crippen molar-refractivity contribution in [2.24, 2.45) is 16.7 Å². The first-order valence-corrected chi connectivity index (χ1v) is 10.3. The third-order valence-corrected chi connectivity index (χ3v) is 7.47.